The highest BCUT2D eigenvalue weighted by Crippen LogP contribution is 2.17. The molecule has 0 aliphatic rings. The minimum Gasteiger partial charge on any atom is -0.465 e. The third-order valence-corrected chi connectivity index (χ3v) is 3.46. The van der Waals surface area contributed by atoms with Crippen molar-refractivity contribution in [1.29, 1.82) is 0 Å². The van der Waals surface area contributed by atoms with Crippen molar-refractivity contribution < 1.29 is 19.1 Å². The second-order valence-corrected chi connectivity index (χ2v) is 5.48. The lowest BCUT2D eigenvalue weighted by atomic mass is 10.2. The molecule has 26 heavy (non-hydrogen) atoms. The molecule has 8 heteroatoms. The molecule has 1 aromatic carbocycles. The molecule has 138 valence electrons. The van der Waals surface area contributed by atoms with Crippen LogP contribution >= 0.6 is 0 Å². The van der Waals surface area contributed by atoms with Gasteiger partial charge in [0.25, 0.3) is 5.91 Å². The van der Waals surface area contributed by atoms with Gasteiger partial charge in [0.1, 0.15) is 17.3 Å². The van der Waals surface area contributed by atoms with Crippen LogP contribution in [0, 0.1) is 6.92 Å². The van der Waals surface area contributed by atoms with Crippen LogP contribution in [-0.4, -0.2) is 49.2 Å². The standard InChI is InChI=1S/C18H22N4O4/c1-12-20-15(17(23)19-9-4-10-25-2)11-16(21-12)22-14-7-5-13(6-8-14)18(24)26-3/h5-8,11H,4,9-10H2,1-3H3,(H,19,23)(H,20,21,22). The van der Waals surface area contributed by atoms with E-state index in [-0.39, 0.29) is 11.6 Å². The zero-order valence-corrected chi connectivity index (χ0v) is 15.0. The molecule has 0 bridgehead atoms. The SMILES string of the molecule is COCCCNC(=O)c1cc(Nc2ccc(C(=O)OC)cc2)nc(C)n1. The van der Waals surface area contributed by atoms with Gasteiger partial charge in [-0.25, -0.2) is 14.8 Å². The summed E-state index contributed by atoms with van der Waals surface area (Å²) >= 11 is 0. The van der Waals surface area contributed by atoms with Crippen LogP contribution in [0.1, 0.15) is 33.1 Å². The van der Waals surface area contributed by atoms with E-state index in [2.05, 4.69) is 25.3 Å². The number of aryl methyl sites for hydroxylation is 1. The topological polar surface area (TPSA) is 102 Å². The maximum atomic E-state index is 12.2. The van der Waals surface area contributed by atoms with Crippen molar-refractivity contribution in [3.63, 3.8) is 0 Å². The molecule has 0 atom stereocenters. The van der Waals surface area contributed by atoms with Crippen molar-refractivity contribution >= 4 is 23.4 Å². The van der Waals surface area contributed by atoms with Crippen molar-refractivity contribution in [1.82, 2.24) is 15.3 Å². The fourth-order valence-electron chi connectivity index (χ4n) is 2.21. The predicted octanol–water partition coefficient (Wildman–Crippen LogP) is 2.08. The second kappa shape index (κ2) is 9.47. The van der Waals surface area contributed by atoms with Crippen LogP contribution < -0.4 is 10.6 Å². The van der Waals surface area contributed by atoms with Crippen LogP contribution in [0.15, 0.2) is 30.3 Å². The van der Waals surface area contributed by atoms with Crippen molar-refractivity contribution in [3.8, 4) is 0 Å². The smallest absolute Gasteiger partial charge is 0.337 e. The Morgan fingerprint density at radius 2 is 1.85 bits per heavy atom. The van der Waals surface area contributed by atoms with Crippen LogP contribution in [0.3, 0.4) is 0 Å². The first-order valence-electron chi connectivity index (χ1n) is 8.11. The summed E-state index contributed by atoms with van der Waals surface area (Å²) in [6, 6.07) is 8.33. The van der Waals surface area contributed by atoms with Gasteiger partial charge in [0.05, 0.1) is 12.7 Å². The highest BCUT2D eigenvalue weighted by Gasteiger charge is 2.11. The summed E-state index contributed by atoms with van der Waals surface area (Å²) in [6.07, 6.45) is 0.726. The fraction of sp³-hybridized carbons (Fsp3) is 0.333. The van der Waals surface area contributed by atoms with E-state index in [0.717, 1.165) is 12.1 Å². The molecule has 2 rings (SSSR count). The number of esters is 1. The summed E-state index contributed by atoms with van der Waals surface area (Å²) in [6.45, 7) is 2.80. The fourth-order valence-corrected chi connectivity index (χ4v) is 2.21. The van der Waals surface area contributed by atoms with Crippen molar-refractivity contribution in [2.24, 2.45) is 0 Å². The van der Waals surface area contributed by atoms with E-state index in [1.807, 2.05) is 0 Å². The summed E-state index contributed by atoms with van der Waals surface area (Å²) in [7, 11) is 2.95. The lowest BCUT2D eigenvalue weighted by Gasteiger charge is -2.09. The normalized spacial score (nSPS) is 10.3. The van der Waals surface area contributed by atoms with E-state index in [0.29, 0.717) is 30.4 Å². The van der Waals surface area contributed by atoms with Gasteiger partial charge < -0.3 is 20.1 Å². The van der Waals surface area contributed by atoms with Crippen LogP contribution in [0.25, 0.3) is 0 Å². The van der Waals surface area contributed by atoms with E-state index < -0.39 is 5.97 Å². The monoisotopic (exact) mass is 358 g/mol. The summed E-state index contributed by atoms with van der Waals surface area (Å²) in [5.74, 6) is 0.297. The first-order chi connectivity index (χ1) is 12.5. The van der Waals surface area contributed by atoms with E-state index in [1.54, 1.807) is 44.4 Å². The lowest BCUT2D eigenvalue weighted by molar-refractivity contribution is 0.0600. The van der Waals surface area contributed by atoms with Gasteiger partial charge >= 0.3 is 5.97 Å². The third-order valence-electron chi connectivity index (χ3n) is 3.46. The number of aromatic nitrogens is 2. The Balaban J connectivity index is 2.06. The van der Waals surface area contributed by atoms with Gasteiger partial charge in [0.2, 0.25) is 0 Å². The maximum absolute atomic E-state index is 12.2. The summed E-state index contributed by atoms with van der Waals surface area (Å²) in [4.78, 5) is 32.1. The Kier molecular flexibility index (Phi) is 7.04. The molecule has 0 spiro atoms. The summed E-state index contributed by atoms with van der Waals surface area (Å²) in [5.41, 5.74) is 1.46. The zero-order chi connectivity index (χ0) is 18.9. The number of hydrogen-bond donors (Lipinski definition) is 2. The molecular weight excluding hydrogens is 336 g/mol. The lowest BCUT2D eigenvalue weighted by Crippen LogP contribution is -2.26. The van der Waals surface area contributed by atoms with Gasteiger partial charge in [-0.15, -0.1) is 0 Å². The molecule has 8 nitrogen and oxygen atoms in total. The second-order valence-electron chi connectivity index (χ2n) is 5.48. The predicted molar refractivity (Wildman–Crippen MR) is 96.7 cm³/mol. The first-order valence-corrected chi connectivity index (χ1v) is 8.11. The molecule has 0 aliphatic carbocycles. The average molecular weight is 358 g/mol. The molecular formula is C18H22N4O4. The molecule has 0 fully saturated rings. The number of methoxy groups -OCH3 is 2. The Bertz CT molecular complexity index is 762. The Morgan fingerprint density at radius 1 is 1.12 bits per heavy atom. The number of anilines is 2. The van der Waals surface area contributed by atoms with Crippen molar-refractivity contribution in [2.75, 3.05) is 32.7 Å². The van der Waals surface area contributed by atoms with E-state index in [4.69, 9.17) is 4.74 Å². The number of carbonyl (C=O) groups excluding carboxylic acids is 2. The third kappa shape index (κ3) is 5.52. The number of hydrogen-bond acceptors (Lipinski definition) is 7. The molecule has 0 aliphatic heterocycles. The largest absolute Gasteiger partial charge is 0.465 e. The van der Waals surface area contributed by atoms with E-state index in [1.165, 1.54) is 7.11 Å². The van der Waals surface area contributed by atoms with Gasteiger partial charge in [0, 0.05) is 32.0 Å². The number of amides is 1. The van der Waals surface area contributed by atoms with Gasteiger partial charge in [-0.2, -0.15) is 0 Å². The molecule has 1 heterocycles. The number of rotatable bonds is 8. The van der Waals surface area contributed by atoms with Crippen LogP contribution in [0.4, 0.5) is 11.5 Å². The summed E-state index contributed by atoms with van der Waals surface area (Å²) < 4.78 is 9.62. The first kappa shape index (κ1) is 19.3. The van der Waals surface area contributed by atoms with Crippen LogP contribution in [-0.2, 0) is 9.47 Å². The Labute approximate surface area is 151 Å². The molecule has 2 N–H and O–H groups in total. The number of ether oxygens (including phenoxy) is 2. The number of nitrogens with one attached hydrogen (secondary N) is 2. The molecule has 1 amide bonds. The van der Waals surface area contributed by atoms with E-state index in [9.17, 15) is 9.59 Å². The van der Waals surface area contributed by atoms with Crippen molar-refractivity contribution in [2.45, 2.75) is 13.3 Å². The van der Waals surface area contributed by atoms with E-state index >= 15 is 0 Å². The van der Waals surface area contributed by atoms with Gasteiger partial charge in [0.15, 0.2) is 0 Å². The minimum atomic E-state index is -0.401. The number of carbonyl (C=O) groups is 2. The molecule has 0 saturated carbocycles. The Morgan fingerprint density at radius 3 is 2.50 bits per heavy atom. The maximum Gasteiger partial charge on any atom is 0.337 e. The van der Waals surface area contributed by atoms with Crippen LogP contribution in [0.5, 0.6) is 0 Å². The van der Waals surface area contributed by atoms with Gasteiger partial charge in [-0.05, 0) is 37.6 Å². The average Bonchev–Trinajstić information content (AvgIpc) is 2.64. The molecule has 0 saturated heterocycles. The van der Waals surface area contributed by atoms with Crippen molar-refractivity contribution in [3.05, 3.63) is 47.4 Å². The quantitative estimate of drug-likeness (QED) is 0.550. The number of nitrogens with zero attached hydrogens (tertiary/aromatic N) is 2. The highest BCUT2D eigenvalue weighted by atomic mass is 16.5. The highest BCUT2D eigenvalue weighted by molar-refractivity contribution is 5.93. The molecule has 0 radical (unpaired) electrons. The zero-order valence-electron chi connectivity index (χ0n) is 15.0. The summed E-state index contributed by atoms with van der Waals surface area (Å²) in [5, 5.41) is 5.89. The molecule has 1 aromatic heterocycles. The minimum absolute atomic E-state index is 0.268. The number of benzene rings is 1. The van der Waals surface area contributed by atoms with Gasteiger partial charge in [-0.3, -0.25) is 4.79 Å². The molecule has 0 unspecified atom stereocenters. The molecule has 2 aromatic rings. The van der Waals surface area contributed by atoms with Gasteiger partial charge in [-0.1, -0.05) is 0 Å². The van der Waals surface area contributed by atoms with Crippen LogP contribution in [0.2, 0.25) is 0 Å². The Hall–Kier alpha value is -3.00.